The fourth-order valence-corrected chi connectivity index (χ4v) is 4.93. The molecule has 0 aliphatic rings. The molecule has 2 heterocycles. The summed E-state index contributed by atoms with van der Waals surface area (Å²) < 4.78 is 34.5. The van der Waals surface area contributed by atoms with Gasteiger partial charge in [0.05, 0.1) is 40.2 Å². The number of benzene rings is 2. The molecule has 0 bridgehead atoms. The van der Waals surface area contributed by atoms with Gasteiger partial charge in [-0.15, -0.1) is 0 Å². The fraction of sp³-hybridized carbons (Fsp3) is 0.0909. The molecule has 0 aliphatic carbocycles. The molecule has 0 fully saturated rings. The van der Waals surface area contributed by atoms with E-state index in [2.05, 4.69) is 10.2 Å². The molecule has 0 aliphatic heterocycles. The summed E-state index contributed by atoms with van der Waals surface area (Å²) in [5, 5.41) is 18.5. The van der Waals surface area contributed by atoms with Crippen LogP contribution in [0.25, 0.3) is 11.4 Å². The summed E-state index contributed by atoms with van der Waals surface area (Å²) in [5.41, 5.74) is -1.03. The molecule has 4 rings (SSSR count). The van der Waals surface area contributed by atoms with Gasteiger partial charge in [-0.1, -0.05) is 12.1 Å². The highest BCUT2D eigenvalue weighted by atomic mass is 33.1. The minimum absolute atomic E-state index is 0.0141. The third kappa shape index (κ3) is 4.82. The van der Waals surface area contributed by atoms with E-state index in [4.69, 9.17) is 4.74 Å². The number of aromatic hydroxyl groups is 1. The number of rotatable bonds is 7. The van der Waals surface area contributed by atoms with E-state index in [1.54, 1.807) is 6.92 Å². The zero-order chi connectivity index (χ0) is 24.2. The first-order chi connectivity index (χ1) is 16.4. The largest absolute Gasteiger partial charge is 0.502 e. The monoisotopic (exact) mass is 502 g/mol. The molecule has 0 saturated carbocycles. The van der Waals surface area contributed by atoms with Crippen molar-refractivity contribution in [1.82, 2.24) is 19.6 Å². The zero-order valence-corrected chi connectivity index (χ0v) is 19.1. The molecule has 12 heteroatoms. The Morgan fingerprint density at radius 3 is 1.97 bits per heavy atom. The molecule has 174 valence electrons. The number of aromatic nitrogens is 4. The maximum absolute atomic E-state index is 13.6. The standard InChI is InChI=1S/C22H16F2N4O4S2/c1-2-32-20-18(12-26-28(22(20)31)16-8-4-6-14(24)10-16)34-33-17-11-25-27(21(30)19(17)29)15-7-3-5-13(23)9-15/h3-12,29H,2H2,1H3. The summed E-state index contributed by atoms with van der Waals surface area (Å²) in [5.74, 6) is -1.67. The Labute approximate surface area is 199 Å². The predicted octanol–water partition coefficient (Wildman–Crippen LogP) is 3.96. The average Bonchev–Trinajstić information content (AvgIpc) is 2.82. The van der Waals surface area contributed by atoms with Crippen LogP contribution in [0.5, 0.6) is 11.5 Å². The SMILES string of the molecule is CCOc1c(SSc2cnn(-c3cccc(F)c3)c(=O)c2O)cnn(-c2cccc(F)c2)c1=O. The van der Waals surface area contributed by atoms with E-state index in [-0.39, 0.29) is 28.6 Å². The van der Waals surface area contributed by atoms with E-state index in [0.717, 1.165) is 37.0 Å². The van der Waals surface area contributed by atoms with Crippen molar-refractivity contribution in [1.29, 1.82) is 0 Å². The first-order valence-corrected chi connectivity index (χ1v) is 12.0. The molecular weight excluding hydrogens is 486 g/mol. The Bertz CT molecular complexity index is 1480. The van der Waals surface area contributed by atoms with Crippen molar-refractivity contribution in [2.24, 2.45) is 0 Å². The van der Waals surface area contributed by atoms with E-state index in [1.165, 1.54) is 54.9 Å². The van der Waals surface area contributed by atoms with E-state index in [1.807, 2.05) is 0 Å². The van der Waals surface area contributed by atoms with Crippen LogP contribution >= 0.6 is 21.6 Å². The van der Waals surface area contributed by atoms with Crippen LogP contribution in [0, 0.1) is 11.6 Å². The molecule has 4 aromatic rings. The topological polar surface area (TPSA) is 99.2 Å². The predicted molar refractivity (Wildman–Crippen MR) is 124 cm³/mol. The summed E-state index contributed by atoms with van der Waals surface area (Å²) in [7, 11) is 1.98. The number of hydrogen-bond acceptors (Lipinski definition) is 8. The normalized spacial score (nSPS) is 10.9. The van der Waals surface area contributed by atoms with Gasteiger partial charge in [0.2, 0.25) is 5.75 Å². The highest BCUT2D eigenvalue weighted by molar-refractivity contribution is 8.76. The average molecular weight is 503 g/mol. The lowest BCUT2D eigenvalue weighted by atomic mass is 10.3. The van der Waals surface area contributed by atoms with Gasteiger partial charge in [0, 0.05) is 0 Å². The fourth-order valence-electron chi connectivity index (χ4n) is 2.92. The number of halogens is 2. The maximum Gasteiger partial charge on any atom is 0.315 e. The molecule has 0 amide bonds. The second kappa shape index (κ2) is 10.1. The van der Waals surface area contributed by atoms with E-state index < -0.39 is 28.5 Å². The van der Waals surface area contributed by atoms with Crippen LogP contribution in [0.1, 0.15) is 6.92 Å². The van der Waals surface area contributed by atoms with Crippen molar-refractivity contribution in [2.45, 2.75) is 16.7 Å². The summed E-state index contributed by atoms with van der Waals surface area (Å²) in [6.45, 7) is 1.90. The van der Waals surface area contributed by atoms with Crippen LogP contribution in [0.3, 0.4) is 0 Å². The lowest BCUT2D eigenvalue weighted by molar-refractivity contribution is 0.323. The summed E-state index contributed by atoms with van der Waals surface area (Å²) in [6, 6.07) is 10.6. The number of hydrogen-bond donors (Lipinski definition) is 1. The van der Waals surface area contributed by atoms with E-state index in [0.29, 0.717) is 4.90 Å². The lowest BCUT2D eigenvalue weighted by Crippen LogP contribution is -2.23. The van der Waals surface area contributed by atoms with Crippen LogP contribution in [0.4, 0.5) is 8.78 Å². The Kier molecular flexibility index (Phi) is 6.98. The van der Waals surface area contributed by atoms with Gasteiger partial charge in [-0.2, -0.15) is 19.6 Å². The molecular formula is C22H16F2N4O4S2. The van der Waals surface area contributed by atoms with Gasteiger partial charge in [-0.05, 0) is 64.9 Å². The zero-order valence-electron chi connectivity index (χ0n) is 17.5. The molecule has 34 heavy (non-hydrogen) atoms. The molecule has 2 aromatic carbocycles. The van der Waals surface area contributed by atoms with Crippen molar-refractivity contribution >= 4 is 21.6 Å². The van der Waals surface area contributed by atoms with Crippen LogP contribution in [0.15, 0.2) is 80.3 Å². The van der Waals surface area contributed by atoms with E-state index in [9.17, 15) is 23.5 Å². The summed E-state index contributed by atoms with van der Waals surface area (Å²) >= 11 is 0. The molecule has 0 saturated heterocycles. The molecule has 0 atom stereocenters. The second-order valence-corrected chi connectivity index (χ2v) is 8.90. The Balaban J connectivity index is 1.63. The van der Waals surface area contributed by atoms with Crippen molar-refractivity contribution in [2.75, 3.05) is 6.61 Å². The van der Waals surface area contributed by atoms with Gasteiger partial charge in [-0.3, -0.25) is 9.59 Å². The van der Waals surface area contributed by atoms with Gasteiger partial charge >= 0.3 is 11.1 Å². The highest BCUT2D eigenvalue weighted by Gasteiger charge is 2.18. The first-order valence-electron chi connectivity index (χ1n) is 9.82. The minimum atomic E-state index is -0.833. The second-order valence-electron chi connectivity index (χ2n) is 6.69. The summed E-state index contributed by atoms with van der Waals surface area (Å²) in [6.07, 6.45) is 2.62. The highest BCUT2D eigenvalue weighted by Crippen LogP contribution is 2.42. The molecule has 2 aromatic heterocycles. The maximum atomic E-state index is 13.6. The number of ether oxygens (including phenoxy) is 1. The van der Waals surface area contributed by atoms with Gasteiger partial charge in [0.15, 0.2) is 5.75 Å². The van der Waals surface area contributed by atoms with Gasteiger partial charge in [0.1, 0.15) is 11.6 Å². The molecule has 0 unspecified atom stereocenters. The van der Waals surface area contributed by atoms with Gasteiger partial charge in [-0.25, -0.2) is 8.78 Å². The van der Waals surface area contributed by atoms with Crippen LogP contribution in [0.2, 0.25) is 0 Å². The Hall–Kier alpha value is -3.64. The third-order valence-corrected chi connectivity index (χ3v) is 6.79. The smallest absolute Gasteiger partial charge is 0.315 e. The first kappa shape index (κ1) is 23.5. The van der Waals surface area contributed by atoms with Crippen molar-refractivity contribution in [3.05, 3.63) is 93.3 Å². The van der Waals surface area contributed by atoms with Crippen molar-refractivity contribution < 1.29 is 18.6 Å². The van der Waals surface area contributed by atoms with Crippen LogP contribution in [-0.2, 0) is 0 Å². The minimum Gasteiger partial charge on any atom is -0.502 e. The molecule has 1 N–H and O–H groups in total. The quantitative estimate of drug-likeness (QED) is 0.379. The van der Waals surface area contributed by atoms with E-state index >= 15 is 0 Å². The number of nitrogens with zero attached hydrogens (tertiary/aromatic N) is 4. The van der Waals surface area contributed by atoms with Crippen LogP contribution in [-0.4, -0.2) is 31.3 Å². The van der Waals surface area contributed by atoms with Gasteiger partial charge < -0.3 is 9.84 Å². The lowest BCUT2D eigenvalue weighted by Gasteiger charge is -2.12. The molecule has 8 nitrogen and oxygen atoms in total. The third-order valence-electron chi connectivity index (χ3n) is 4.44. The van der Waals surface area contributed by atoms with Crippen molar-refractivity contribution in [3.63, 3.8) is 0 Å². The van der Waals surface area contributed by atoms with Gasteiger partial charge in [0.25, 0.3) is 0 Å². The summed E-state index contributed by atoms with van der Waals surface area (Å²) in [4.78, 5) is 25.9. The van der Waals surface area contributed by atoms with Crippen molar-refractivity contribution in [3.8, 4) is 22.9 Å². The Morgan fingerprint density at radius 1 is 0.882 bits per heavy atom. The Morgan fingerprint density at radius 2 is 1.41 bits per heavy atom. The molecule has 0 spiro atoms. The molecule has 0 radical (unpaired) electrons. The van der Waals surface area contributed by atoms with Crippen LogP contribution < -0.4 is 15.9 Å².